The standard InChI is InChI=1S/C28H42N2O4/c1-19-16-24-23(11-10-21(3)28(24,32)17-27(19)34-22(4)31)20(2)18-29-12-14-30(15-13-29)25-8-6-7-9-26(25)33-5/h6-9,16,20-21,23-24,27,32H,10-15,17-18H2,1-5H3/t20?,21-,23+,24-,27-,28-/m1/s1. The van der Waals surface area contributed by atoms with Crippen LogP contribution in [0, 0.1) is 23.7 Å². The number of anilines is 1. The summed E-state index contributed by atoms with van der Waals surface area (Å²) in [4.78, 5) is 16.6. The summed E-state index contributed by atoms with van der Waals surface area (Å²) >= 11 is 0. The van der Waals surface area contributed by atoms with E-state index in [-0.39, 0.29) is 23.9 Å². The van der Waals surface area contributed by atoms with E-state index in [0.29, 0.717) is 18.3 Å². The lowest BCUT2D eigenvalue weighted by Crippen LogP contribution is -2.56. The van der Waals surface area contributed by atoms with Gasteiger partial charge in [-0.2, -0.15) is 0 Å². The first-order chi connectivity index (χ1) is 16.2. The number of esters is 1. The van der Waals surface area contributed by atoms with E-state index in [1.807, 2.05) is 19.1 Å². The van der Waals surface area contributed by atoms with Gasteiger partial charge in [0.2, 0.25) is 0 Å². The van der Waals surface area contributed by atoms with Crippen LogP contribution >= 0.6 is 0 Å². The number of carbonyl (C=O) groups is 1. The summed E-state index contributed by atoms with van der Waals surface area (Å²) in [5.74, 6) is 1.89. The van der Waals surface area contributed by atoms with Gasteiger partial charge in [-0.1, -0.05) is 32.1 Å². The van der Waals surface area contributed by atoms with Gasteiger partial charge in [-0.15, -0.1) is 0 Å². The quantitative estimate of drug-likeness (QED) is 0.498. The second-order valence-corrected chi connectivity index (χ2v) is 10.8. The van der Waals surface area contributed by atoms with E-state index in [2.05, 4.69) is 41.9 Å². The molecule has 6 heteroatoms. The van der Waals surface area contributed by atoms with Gasteiger partial charge in [0.15, 0.2) is 0 Å². The molecule has 1 saturated carbocycles. The van der Waals surface area contributed by atoms with Crippen LogP contribution in [-0.4, -0.2) is 67.5 Å². The SMILES string of the molecule is COc1ccccc1N1CCN(CC(C)[C@@H]2CC[C@@H](C)[C@]3(O)C[C@@H](OC(C)=O)C(C)=C[C@H]23)CC1. The average molecular weight is 471 g/mol. The number of nitrogens with zero attached hydrogens (tertiary/aromatic N) is 2. The van der Waals surface area contributed by atoms with Gasteiger partial charge < -0.3 is 19.5 Å². The molecule has 0 amide bonds. The normalized spacial score (nSPS) is 33.0. The lowest BCUT2D eigenvalue weighted by molar-refractivity contribution is -0.159. The summed E-state index contributed by atoms with van der Waals surface area (Å²) in [6, 6.07) is 8.26. The lowest BCUT2D eigenvalue weighted by atomic mass is 9.57. The summed E-state index contributed by atoms with van der Waals surface area (Å²) in [5, 5.41) is 11.8. The molecule has 1 aromatic rings. The zero-order valence-electron chi connectivity index (χ0n) is 21.5. The molecule has 3 aliphatic rings. The van der Waals surface area contributed by atoms with Crippen LogP contribution in [0.5, 0.6) is 5.75 Å². The Kier molecular flexibility index (Phi) is 7.58. The number of aliphatic hydroxyl groups is 1. The van der Waals surface area contributed by atoms with E-state index in [9.17, 15) is 9.90 Å². The predicted octanol–water partition coefficient (Wildman–Crippen LogP) is 4.13. The van der Waals surface area contributed by atoms with Crippen molar-refractivity contribution in [1.29, 1.82) is 0 Å². The van der Waals surface area contributed by atoms with Gasteiger partial charge >= 0.3 is 5.97 Å². The Labute approximate surface area is 204 Å². The summed E-state index contributed by atoms with van der Waals surface area (Å²) in [7, 11) is 1.73. The molecule has 2 aliphatic carbocycles. The molecule has 1 aromatic carbocycles. The van der Waals surface area contributed by atoms with Crippen molar-refractivity contribution in [3.8, 4) is 5.75 Å². The first-order valence-corrected chi connectivity index (χ1v) is 12.9. The molecule has 2 fully saturated rings. The maximum Gasteiger partial charge on any atom is 0.303 e. The minimum atomic E-state index is -0.806. The largest absolute Gasteiger partial charge is 0.495 e. The smallest absolute Gasteiger partial charge is 0.303 e. The molecule has 4 rings (SSSR count). The van der Waals surface area contributed by atoms with Crippen LogP contribution in [0.1, 0.15) is 47.0 Å². The Balaban J connectivity index is 1.41. The molecule has 34 heavy (non-hydrogen) atoms. The number of rotatable bonds is 6. The number of methoxy groups -OCH3 is 1. The van der Waals surface area contributed by atoms with Crippen LogP contribution < -0.4 is 9.64 Å². The fourth-order valence-electron chi connectivity index (χ4n) is 6.60. The third-order valence-electron chi connectivity index (χ3n) is 8.67. The van der Waals surface area contributed by atoms with Crippen LogP contribution in [-0.2, 0) is 9.53 Å². The zero-order valence-corrected chi connectivity index (χ0v) is 21.5. The molecule has 6 atom stereocenters. The number of benzene rings is 1. The van der Waals surface area contributed by atoms with Crippen molar-refractivity contribution >= 4 is 11.7 Å². The number of hydrogen-bond donors (Lipinski definition) is 1. The molecule has 0 aromatic heterocycles. The van der Waals surface area contributed by atoms with E-state index in [1.54, 1.807) is 7.11 Å². The second-order valence-electron chi connectivity index (χ2n) is 10.8. The van der Waals surface area contributed by atoms with Crippen molar-refractivity contribution in [3.63, 3.8) is 0 Å². The van der Waals surface area contributed by atoms with E-state index < -0.39 is 5.60 Å². The molecule has 6 nitrogen and oxygen atoms in total. The maximum atomic E-state index is 11.8. The number of fused-ring (bicyclic) bond motifs is 1. The first-order valence-electron chi connectivity index (χ1n) is 12.9. The number of hydrogen-bond acceptors (Lipinski definition) is 6. The number of piperazine rings is 1. The van der Waals surface area contributed by atoms with Gasteiger partial charge in [0.1, 0.15) is 11.9 Å². The van der Waals surface area contributed by atoms with Crippen LogP contribution in [0.25, 0.3) is 0 Å². The van der Waals surface area contributed by atoms with Crippen molar-refractivity contribution in [2.24, 2.45) is 23.7 Å². The third kappa shape index (κ3) is 4.99. The molecule has 1 unspecified atom stereocenters. The molecule has 0 spiro atoms. The Hall–Kier alpha value is -2.05. The number of carbonyl (C=O) groups excluding carboxylic acids is 1. The highest BCUT2D eigenvalue weighted by molar-refractivity contribution is 5.66. The molecule has 1 aliphatic heterocycles. The molecule has 0 radical (unpaired) electrons. The highest BCUT2D eigenvalue weighted by atomic mass is 16.5. The van der Waals surface area contributed by atoms with Gasteiger partial charge in [-0.25, -0.2) is 0 Å². The maximum absolute atomic E-state index is 11.8. The fourth-order valence-corrected chi connectivity index (χ4v) is 6.60. The molecular weight excluding hydrogens is 428 g/mol. The Morgan fingerprint density at radius 1 is 1.21 bits per heavy atom. The van der Waals surface area contributed by atoms with Gasteiger partial charge in [0.25, 0.3) is 0 Å². The lowest BCUT2D eigenvalue weighted by Gasteiger charge is -2.53. The van der Waals surface area contributed by atoms with Gasteiger partial charge in [0, 0.05) is 52.0 Å². The minimum absolute atomic E-state index is 0.118. The Bertz CT molecular complexity index is 894. The average Bonchev–Trinajstić information content (AvgIpc) is 2.81. The molecule has 1 saturated heterocycles. The monoisotopic (exact) mass is 470 g/mol. The van der Waals surface area contributed by atoms with E-state index >= 15 is 0 Å². The van der Waals surface area contributed by atoms with Gasteiger partial charge in [-0.3, -0.25) is 9.69 Å². The summed E-state index contributed by atoms with van der Waals surface area (Å²) < 4.78 is 11.1. The third-order valence-corrected chi connectivity index (χ3v) is 8.67. The van der Waals surface area contributed by atoms with Crippen LogP contribution in [0.2, 0.25) is 0 Å². The molecular formula is C28H42N2O4. The number of ether oxygens (including phenoxy) is 2. The van der Waals surface area contributed by atoms with Crippen molar-refractivity contribution in [1.82, 2.24) is 4.90 Å². The van der Waals surface area contributed by atoms with Crippen molar-refractivity contribution in [3.05, 3.63) is 35.9 Å². The van der Waals surface area contributed by atoms with Crippen LogP contribution in [0.4, 0.5) is 5.69 Å². The molecule has 1 N–H and O–H groups in total. The molecule has 188 valence electrons. The summed E-state index contributed by atoms with van der Waals surface area (Å²) in [6.45, 7) is 13.1. The summed E-state index contributed by atoms with van der Waals surface area (Å²) in [5.41, 5.74) is 1.45. The predicted molar refractivity (Wildman–Crippen MR) is 135 cm³/mol. The highest BCUT2D eigenvalue weighted by Gasteiger charge is 2.52. The van der Waals surface area contributed by atoms with E-state index in [4.69, 9.17) is 9.47 Å². The van der Waals surface area contributed by atoms with Gasteiger partial charge in [0.05, 0.1) is 18.4 Å². The highest BCUT2D eigenvalue weighted by Crippen LogP contribution is 2.51. The molecule has 0 bridgehead atoms. The van der Waals surface area contributed by atoms with Crippen molar-refractivity contribution in [2.45, 2.75) is 58.7 Å². The Morgan fingerprint density at radius 2 is 1.91 bits per heavy atom. The van der Waals surface area contributed by atoms with E-state index in [1.165, 1.54) is 12.6 Å². The second kappa shape index (κ2) is 10.3. The van der Waals surface area contributed by atoms with E-state index in [0.717, 1.165) is 56.9 Å². The number of para-hydroxylation sites is 2. The topological polar surface area (TPSA) is 62.2 Å². The molecule has 1 heterocycles. The van der Waals surface area contributed by atoms with Gasteiger partial charge in [-0.05, 0) is 55.2 Å². The minimum Gasteiger partial charge on any atom is -0.495 e. The van der Waals surface area contributed by atoms with Crippen LogP contribution in [0.3, 0.4) is 0 Å². The Morgan fingerprint density at radius 3 is 2.59 bits per heavy atom. The van der Waals surface area contributed by atoms with Crippen molar-refractivity contribution in [2.75, 3.05) is 44.7 Å². The zero-order chi connectivity index (χ0) is 24.5. The first kappa shape index (κ1) is 25.1. The van der Waals surface area contributed by atoms with Crippen LogP contribution in [0.15, 0.2) is 35.9 Å². The summed E-state index contributed by atoms with van der Waals surface area (Å²) in [6.07, 6.45) is 4.59. The fraction of sp³-hybridized carbons (Fsp3) is 0.679. The van der Waals surface area contributed by atoms with Crippen molar-refractivity contribution < 1.29 is 19.4 Å².